The summed E-state index contributed by atoms with van der Waals surface area (Å²) in [5.74, 6) is -0.392. The third-order valence-electron chi connectivity index (χ3n) is 6.26. The molecular formula is C32H39N5OS. The van der Waals surface area contributed by atoms with Gasteiger partial charge in [-0.15, -0.1) is 11.8 Å². The number of benzene rings is 3. The van der Waals surface area contributed by atoms with Crippen molar-refractivity contribution in [3.05, 3.63) is 95.5 Å². The van der Waals surface area contributed by atoms with Crippen LogP contribution in [0.25, 0.3) is 33.5 Å². The molecule has 39 heavy (non-hydrogen) atoms. The molecule has 0 aliphatic heterocycles. The number of fused-ring (bicyclic) bond motifs is 1. The van der Waals surface area contributed by atoms with E-state index in [1.54, 1.807) is 19.5 Å². The van der Waals surface area contributed by atoms with Crippen LogP contribution in [-0.2, 0) is 11.3 Å². The van der Waals surface area contributed by atoms with Crippen molar-refractivity contribution in [3.8, 4) is 22.5 Å². The number of nitrogens with zero attached hydrogens (tertiary/aromatic N) is 3. The van der Waals surface area contributed by atoms with Gasteiger partial charge in [-0.2, -0.15) is 0 Å². The zero-order chi connectivity index (χ0) is 28.0. The topological polar surface area (TPSA) is 84.1 Å². The molecule has 1 amide bonds. The molecule has 0 spiro atoms. The number of carbonyl (C=O) groups excluding carboxylic acids is 1. The summed E-state index contributed by atoms with van der Waals surface area (Å²) in [6.07, 6.45) is 5.86. The monoisotopic (exact) mass is 541 g/mol. The minimum absolute atomic E-state index is 0.392. The third-order valence-corrected chi connectivity index (χ3v) is 7.02. The Kier molecular flexibility index (Phi) is 12.0. The van der Waals surface area contributed by atoms with Gasteiger partial charge in [-0.05, 0) is 43.5 Å². The summed E-state index contributed by atoms with van der Waals surface area (Å²) in [6, 6.07) is 27.3. The Morgan fingerprint density at radius 3 is 1.92 bits per heavy atom. The van der Waals surface area contributed by atoms with Gasteiger partial charge in [0, 0.05) is 30.9 Å². The number of hydrogen-bond acceptors (Lipinski definition) is 6. The van der Waals surface area contributed by atoms with Gasteiger partial charge in [-0.25, -0.2) is 9.97 Å². The molecule has 0 radical (unpaired) electrons. The molecule has 0 unspecified atom stereocenters. The van der Waals surface area contributed by atoms with Crippen molar-refractivity contribution in [2.24, 2.45) is 5.73 Å². The van der Waals surface area contributed by atoms with Crippen molar-refractivity contribution in [2.45, 2.75) is 33.2 Å². The van der Waals surface area contributed by atoms with E-state index in [-0.39, 0.29) is 0 Å². The number of thioether (sulfide) groups is 1. The van der Waals surface area contributed by atoms with E-state index in [0.717, 1.165) is 53.2 Å². The second-order valence-corrected chi connectivity index (χ2v) is 9.91. The third kappa shape index (κ3) is 8.67. The summed E-state index contributed by atoms with van der Waals surface area (Å²) >= 11 is 1.33. The molecular weight excluding hydrogens is 502 g/mol. The van der Waals surface area contributed by atoms with Gasteiger partial charge < -0.3 is 11.1 Å². The van der Waals surface area contributed by atoms with E-state index in [9.17, 15) is 4.79 Å². The summed E-state index contributed by atoms with van der Waals surface area (Å²) in [5, 5.41) is 2.72. The number of nitrogens with one attached hydrogen (secondary N) is 1. The fourth-order valence-corrected chi connectivity index (χ4v) is 4.55. The molecule has 4 rings (SSSR count). The Morgan fingerprint density at radius 1 is 0.897 bits per heavy atom. The van der Waals surface area contributed by atoms with Crippen LogP contribution in [0.3, 0.4) is 0 Å². The maximum atomic E-state index is 10.4. The Bertz CT molecular complexity index is 1360. The van der Waals surface area contributed by atoms with Gasteiger partial charge in [0.15, 0.2) is 0 Å². The lowest BCUT2D eigenvalue weighted by Gasteiger charge is -2.20. The SMILES string of the molecule is CCCCN(CC)Cc1ccc(-c2nc3ccccc3nc2-c2ccccc2)cc1.CN/C=C(\SC)C(N)=O. The maximum Gasteiger partial charge on any atom is 0.256 e. The molecule has 0 atom stereocenters. The highest BCUT2D eigenvalue weighted by Crippen LogP contribution is 2.31. The van der Waals surface area contributed by atoms with Crippen LogP contribution < -0.4 is 11.1 Å². The second-order valence-electron chi connectivity index (χ2n) is 9.06. The van der Waals surface area contributed by atoms with Crippen molar-refractivity contribution in [3.63, 3.8) is 0 Å². The van der Waals surface area contributed by atoms with Crippen LogP contribution in [-0.4, -0.2) is 47.2 Å². The maximum absolute atomic E-state index is 10.4. The lowest BCUT2D eigenvalue weighted by molar-refractivity contribution is -0.113. The minimum atomic E-state index is -0.392. The average Bonchev–Trinajstić information content (AvgIpc) is 2.98. The smallest absolute Gasteiger partial charge is 0.256 e. The van der Waals surface area contributed by atoms with Crippen LogP contribution in [0.5, 0.6) is 0 Å². The number of rotatable bonds is 11. The fraction of sp³-hybridized carbons (Fsp3) is 0.281. The van der Waals surface area contributed by atoms with E-state index in [4.69, 9.17) is 15.7 Å². The summed E-state index contributed by atoms with van der Waals surface area (Å²) in [7, 11) is 1.72. The number of primary amides is 1. The lowest BCUT2D eigenvalue weighted by atomic mass is 10.0. The van der Waals surface area contributed by atoms with Crippen LogP contribution in [0.15, 0.2) is 90.0 Å². The predicted molar refractivity (Wildman–Crippen MR) is 166 cm³/mol. The van der Waals surface area contributed by atoms with E-state index in [1.165, 1.54) is 30.2 Å². The van der Waals surface area contributed by atoms with Gasteiger partial charge >= 0.3 is 0 Å². The number of nitrogens with two attached hydrogens (primary N) is 1. The normalized spacial score (nSPS) is 11.3. The van der Waals surface area contributed by atoms with Crippen molar-refractivity contribution < 1.29 is 4.79 Å². The lowest BCUT2D eigenvalue weighted by Crippen LogP contribution is -2.23. The van der Waals surface area contributed by atoms with Gasteiger partial charge in [0.1, 0.15) is 0 Å². The number of amides is 1. The van der Waals surface area contributed by atoms with Crippen molar-refractivity contribution in [2.75, 3.05) is 26.4 Å². The van der Waals surface area contributed by atoms with Crippen LogP contribution in [0, 0.1) is 0 Å². The molecule has 1 aromatic heterocycles. The summed E-state index contributed by atoms with van der Waals surface area (Å²) in [4.78, 5) is 23.4. The van der Waals surface area contributed by atoms with E-state index in [1.807, 2.05) is 30.3 Å². The van der Waals surface area contributed by atoms with E-state index in [0.29, 0.717) is 4.91 Å². The molecule has 7 heteroatoms. The summed E-state index contributed by atoms with van der Waals surface area (Å²) in [5.41, 5.74) is 12.2. The molecule has 204 valence electrons. The largest absolute Gasteiger partial charge is 0.393 e. The molecule has 0 saturated heterocycles. The van der Waals surface area contributed by atoms with Gasteiger partial charge in [0.2, 0.25) is 0 Å². The van der Waals surface area contributed by atoms with E-state index >= 15 is 0 Å². The van der Waals surface area contributed by atoms with Crippen molar-refractivity contribution >= 4 is 28.7 Å². The molecule has 6 nitrogen and oxygen atoms in total. The Labute approximate surface area is 236 Å². The molecule has 1 heterocycles. The summed E-state index contributed by atoms with van der Waals surface area (Å²) < 4.78 is 0. The molecule has 0 fully saturated rings. The Hall–Kier alpha value is -3.68. The van der Waals surface area contributed by atoms with Crippen molar-refractivity contribution in [1.29, 1.82) is 0 Å². The Balaban J connectivity index is 0.000000403. The molecule has 3 N–H and O–H groups in total. The zero-order valence-electron chi connectivity index (χ0n) is 23.4. The standard InChI is InChI=1S/C27H29N3.C5H10N2OS/c1-3-5-19-30(4-2)20-21-15-17-23(18-16-21)27-26(22-11-7-6-8-12-22)28-24-13-9-10-14-25(24)29-27;1-7-3-4(9-2)5(6)8/h6-18H,3-5,19-20H2,1-2H3;3,7H,1-2H3,(H2,6,8)/b;4-3-. The number of aromatic nitrogens is 2. The predicted octanol–water partition coefficient (Wildman–Crippen LogP) is 6.48. The zero-order valence-corrected chi connectivity index (χ0v) is 24.2. The van der Waals surface area contributed by atoms with Crippen molar-refractivity contribution in [1.82, 2.24) is 20.2 Å². The number of hydrogen-bond donors (Lipinski definition) is 2. The fourth-order valence-electron chi connectivity index (χ4n) is 4.12. The highest BCUT2D eigenvalue weighted by atomic mass is 32.2. The van der Waals surface area contributed by atoms with Gasteiger partial charge in [-0.1, -0.05) is 87.0 Å². The Morgan fingerprint density at radius 2 is 1.46 bits per heavy atom. The molecule has 3 aromatic carbocycles. The first-order valence-electron chi connectivity index (χ1n) is 13.4. The van der Waals surface area contributed by atoms with Gasteiger partial charge in [0.05, 0.1) is 27.3 Å². The second kappa shape index (κ2) is 15.7. The molecule has 4 aromatic rings. The first-order chi connectivity index (χ1) is 19.0. The van der Waals surface area contributed by atoms with E-state index in [2.05, 4.69) is 72.6 Å². The first-order valence-corrected chi connectivity index (χ1v) is 14.6. The minimum Gasteiger partial charge on any atom is -0.393 e. The highest BCUT2D eigenvalue weighted by molar-refractivity contribution is 8.03. The number of carbonyl (C=O) groups is 1. The summed E-state index contributed by atoms with van der Waals surface area (Å²) in [6.45, 7) is 7.71. The van der Waals surface area contributed by atoms with Gasteiger partial charge in [0.25, 0.3) is 5.91 Å². The van der Waals surface area contributed by atoms with E-state index < -0.39 is 5.91 Å². The van der Waals surface area contributed by atoms with Crippen LogP contribution in [0.1, 0.15) is 32.3 Å². The first kappa shape index (κ1) is 29.9. The molecule has 0 bridgehead atoms. The molecule has 0 aliphatic carbocycles. The highest BCUT2D eigenvalue weighted by Gasteiger charge is 2.13. The number of para-hydroxylation sites is 2. The van der Waals surface area contributed by atoms with Crippen LogP contribution in [0.2, 0.25) is 0 Å². The average molecular weight is 542 g/mol. The number of unbranched alkanes of at least 4 members (excludes halogenated alkanes) is 1. The molecule has 0 saturated carbocycles. The molecule has 0 aliphatic rings. The van der Waals surface area contributed by atoms with Crippen LogP contribution in [0.4, 0.5) is 0 Å². The van der Waals surface area contributed by atoms with Crippen LogP contribution >= 0.6 is 11.8 Å². The van der Waals surface area contributed by atoms with Gasteiger partial charge in [-0.3, -0.25) is 9.69 Å². The quantitative estimate of drug-likeness (QED) is 0.211.